The highest BCUT2D eigenvalue weighted by molar-refractivity contribution is 8.00. The molecule has 0 unspecified atom stereocenters. The van der Waals surface area contributed by atoms with E-state index >= 15 is 0 Å². The number of para-hydroxylation sites is 1. The summed E-state index contributed by atoms with van der Waals surface area (Å²) in [6.45, 7) is 6.70. The van der Waals surface area contributed by atoms with Crippen LogP contribution in [0.15, 0.2) is 69.6 Å². The number of amides is 1. The number of benzene rings is 2. The third kappa shape index (κ3) is 8.96. The maximum Gasteiger partial charge on any atom is 0.231 e. The number of anilines is 2. The van der Waals surface area contributed by atoms with E-state index < -0.39 is 0 Å². The van der Waals surface area contributed by atoms with E-state index in [1.54, 1.807) is 54.5 Å². The van der Waals surface area contributed by atoms with Crippen molar-refractivity contribution < 1.29 is 18.7 Å². The number of carbonyl (C=O) groups is 2. The van der Waals surface area contributed by atoms with Crippen LogP contribution in [-0.4, -0.2) is 28.3 Å². The third-order valence-corrected chi connectivity index (χ3v) is 8.10. The quantitative estimate of drug-likeness (QED) is 0.105. The smallest absolute Gasteiger partial charge is 0.231 e. The van der Waals surface area contributed by atoms with Crippen molar-refractivity contribution >= 4 is 46.2 Å². The van der Waals surface area contributed by atoms with Crippen molar-refractivity contribution in [1.29, 1.82) is 0 Å². The van der Waals surface area contributed by atoms with Crippen LogP contribution in [0.1, 0.15) is 55.8 Å². The van der Waals surface area contributed by atoms with Gasteiger partial charge in [0.05, 0.1) is 35.4 Å². The van der Waals surface area contributed by atoms with E-state index in [1.807, 2.05) is 18.2 Å². The Morgan fingerprint density at radius 2 is 1.82 bits per heavy atom. The standard InChI is InChI=1S/C30H34N4O4S2/c1-30(2,3)25-17-32-27(38-25)19-39-29-18-33-28(40-29)16-26(36)34-21-10-12-23(13-11-21)37-14-6-8-22(35)15-20-7-4-5-9-24(20)31/h4-5,7,9-13,17-18H,6,8,14-16,19,31H2,1-3H3,(H,34,36). The topological polar surface area (TPSA) is 120 Å². The predicted molar refractivity (Wildman–Crippen MR) is 160 cm³/mol. The van der Waals surface area contributed by atoms with Crippen LogP contribution in [0.5, 0.6) is 5.75 Å². The van der Waals surface area contributed by atoms with Gasteiger partial charge in [-0.25, -0.2) is 9.97 Å². The van der Waals surface area contributed by atoms with Crippen molar-refractivity contribution in [2.75, 3.05) is 17.7 Å². The van der Waals surface area contributed by atoms with Crippen LogP contribution in [0.25, 0.3) is 0 Å². The predicted octanol–water partition coefficient (Wildman–Crippen LogP) is 6.46. The van der Waals surface area contributed by atoms with E-state index in [0.29, 0.717) is 54.6 Å². The first kappa shape index (κ1) is 29.4. The van der Waals surface area contributed by atoms with Gasteiger partial charge in [-0.1, -0.05) is 39.0 Å². The minimum atomic E-state index is -0.139. The summed E-state index contributed by atoms with van der Waals surface area (Å²) < 4.78 is 12.6. The van der Waals surface area contributed by atoms with Crippen molar-refractivity contribution in [3.05, 3.63) is 83.1 Å². The number of ether oxygens (including phenoxy) is 1. The Hall–Kier alpha value is -3.63. The molecule has 4 rings (SSSR count). The lowest BCUT2D eigenvalue weighted by Gasteiger charge is -2.12. The van der Waals surface area contributed by atoms with Gasteiger partial charge < -0.3 is 20.2 Å². The largest absolute Gasteiger partial charge is 0.494 e. The van der Waals surface area contributed by atoms with Gasteiger partial charge >= 0.3 is 0 Å². The summed E-state index contributed by atoms with van der Waals surface area (Å²) in [5.74, 6) is 2.82. The fourth-order valence-corrected chi connectivity index (χ4v) is 5.60. The molecule has 0 fully saturated rings. The van der Waals surface area contributed by atoms with Gasteiger partial charge in [-0.3, -0.25) is 9.59 Å². The van der Waals surface area contributed by atoms with Gasteiger partial charge in [0.15, 0.2) is 0 Å². The maximum atomic E-state index is 12.5. The number of hydrogen-bond acceptors (Lipinski definition) is 9. The highest BCUT2D eigenvalue weighted by Gasteiger charge is 2.19. The Labute approximate surface area is 242 Å². The number of Topliss-reactive ketones (excluding diaryl/α,β-unsaturated/α-hetero) is 1. The molecular weight excluding hydrogens is 544 g/mol. The molecule has 3 N–H and O–H groups in total. The van der Waals surface area contributed by atoms with E-state index in [2.05, 4.69) is 36.1 Å². The average molecular weight is 579 g/mol. The van der Waals surface area contributed by atoms with Crippen LogP contribution >= 0.6 is 23.1 Å². The Bertz CT molecular complexity index is 1420. The molecule has 2 heterocycles. The monoisotopic (exact) mass is 578 g/mol. The van der Waals surface area contributed by atoms with E-state index in [1.165, 1.54) is 11.3 Å². The zero-order valence-corrected chi connectivity index (χ0v) is 24.6. The van der Waals surface area contributed by atoms with Crippen LogP contribution in [0.3, 0.4) is 0 Å². The minimum Gasteiger partial charge on any atom is -0.494 e. The van der Waals surface area contributed by atoms with Crippen molar-refractivity contribution in [2.45, 2.75) is 61.8 Å². The highest BCUT2D eigenvalue weighted by Crippen LogP contribution is 2.30. The lowest BCUT2D eigenvalue weighted by molar-refractivity contribution is -0.118. The summed E-state index contributed by atoms with van der Waals surface area (Å²) in [5.41, 5.74) is 8.01. The minimum absolute atomic E-state index is 0.0746. The number of nitrogen functional groups attached to an aromatic ring is 1. The Morgan fingerprint density at radius 3 is 2.55 bits per heavy atom. The number of oxazole rings is 1. The van der Waals surface area contributed by atoms with E-state index in [9.17, 15) is 9.59 Å². The first-order valence-corrected chi connectivity index (χ1v) is 14.9. The first-order chi connectivity index (χ1) is 19.2. The zero-order valence-electron chi connectivity index (χ0n) is 22.9. The SMILES string of the molecule is CC(C)(C)c1cnc(CSc2cnc(CC(=O)Nc3ccc(OCCCC(=O)Cc4ccccc4N)cc3)s2)o1. The van der Waals surface area contributed by atoms with Gasteiger partial charge in [-0.15, -0.1) is 23.1 Å². The van der Waals surface area contributed by atoms with Gasteiger partial charge in [0.2, 0.25) is 11.8 Å². The fraction of sp³-hybridized carbons (Fsp3) is 0.333. The number of thioether (sulfide) groups is 1. The van der Waals surface area contributed by atoms with E-state index in [0.717, 1.165) is 20.5 Å². The number of rotatable bonds is 13. The second-order valence-electron chi connectivity index (χ2n) is 10.3. The van der Waals surface area contributed by atoms with Gasteiger partial charge in [0, 0.05) is 29.6 Å². The molecule has 1 amide bonds. The summed E-state index contributed by atoms with van der Waals surface area (Å²) in [7, 11) is 0. The molecule has 4 aromatic rings. The van der Waals surface area contributed by atoms with Crippen molar-refractivity contribution in [3.63, 3.8) is 0 Å². The molecule has 210 valence electrons. The molecule has 0 atom stereocenters. The number of thiazole rings is 1. The molecule has 8 nitrogen and oxygen atoms in total. The lowest BCUT2D eigenvalue weighted by atomic mass is 9.94. The zero-order chi connectivity index (χ0) is 28.5. The molecule has 40 heavy (non-hydrogen) atoms. The molecule has 0 spiro atoms. The van der Waals surface area contributed by atoms with Crippen LogP contribution in [0, 0.1) is 0 Å². The molecule has 0 bridgehead atoms. The molecule has 0 aliphatic carbocycles. The summed E-state index contributed by atoms with van der Waals surface area (Å²) >= 11 is 3.08. The summed E-state index contributed by atoms with van der Waals surface area (Å²) in [5, 5.41) is 3.64. The normalized spacial score (nSPS) is 11.4. The lowest BCUT2D eigenvalue weighted by Crippen LogP contribution is -2.14. The number of hydrogen-bond donors (Lipinski definition) is 2. The van der Waals surface area contributed by atoms with Crippen molar-refractivity contribution in [2.24, 2.45) is 0 Å². The number of carbonyl (C=O) groups excluding carboxylic acids is 2. The van der Waals surface area contributed by atoms with Gasteiger partial charge in [-0.05, 0) is 42.3 Å². The van der Waals surface area contributed by atoms with Gasteiger partial charge in [-0.2, -0.15) is 0 Å². The highest BCUT2D eigenvalue weighted by atomic mass is 32.2. The van der Waals surface area contributed by atoms with Crippen LogP contribution in [0.4, 0.5) is 11.4 Å². The molecule has 2 aromatic carbocycles. The number of nitrogens with one attached hydrogen (secondary N) is 1. The first-order valence-electron chi connectivity index (χ1n) is 13.1. The number of ketones is 1. The van der Waals surface area contributed by atoms with E-state index in [-0.39, 0.29) is 23.5 Å². The van der Waals surface area contributed by atoms with Crippen molar-refractivity contribution in [1.82, 2.24) is 9.97 Å². The molecule has 0 aliphatic rings. The van der Waals surface area contributed by atoms with Crippen LogP contribution < -0.4 is 15.8 Å². The van der Waals surface area contributed by atoms with Crippen LogP contribution in [0.2, 0.25) is 0 Å². The summed E-state index contributed by atoms with van der Waals surface area (Å²) in [6.07, 6.45) is 5.14. The molecular formula is C30H34N4O4S2. The average Bonchev–Trinajstić information content (AvgIpc) is 3.57. The molecule has 0 saturated heterocycles. The van der Waals surface area contributed by atoms with Gasteiger partial charge in [0.1, 0.15) is 22.3 Å². The molecule has 0 aliphatic heterocycles. The van der Waals surface area contributed by atoms with Crippen molar-refractivity contribution in [3.8, 4) is 5.75 Å². The van der Waals surface area contributed by atoms with Crippen LogP contribution in [-0.2, 0) is 33.6 Å². The molecule has 0 radical (unpaired) electrons. The second-order valence-corrected chi connectivity index (χ2v) is 12.7. The Balaban J connectivity index is 1.15. The second kappa shape index (κ2) is 13.6. The maximum absolute atomic E-state index is 12.5. The summed E-state index contributed by atoms with van der Waals surface area (Å²) in [6, 6.07) is 14.6. The fourth-order valence-electron chi connectivity index (χ4n) is 3.73. The number of nitrogens with zero attached hydrogens (tertiary/aromatic N) is 2. The molecule has 10 heteroatoms. The number of nitrogens with two attached hydrogens (primary N) is 1. The molecule has 0 saturated carbocycles. The van der Waals surface area contributed by atoms with E-state index in [4.69, 9.17) is 14.9 Å². The number of aromatic nitrogens is 2. The summed E-state index contributed by atoms with van der Waals surface area (Å²) in [4.78, 5) is 33.5. The molecule has 2 aromatic heterocycles. The Kier molecular flexibility index (Phi) is 10.0. The third-order valence-electron chi connectivity index (χ3n) is 5.92. The Morgan fingerprint density at radius 1 is 1.05 bits per heavy atom. The van der Waals surface area contributed by atoms with Gasteiger partial charge in [0.25, 0.3) is 0 Å².